The average Bonchev–Trinajstić information content (AvgIpc) is 1.89. The molecule has 2 radical (unpaired) electrons. The maximum Gasteiger partial charge on any atom is 0.437 e. The molecule has 0 atom stereocenters. The van der Waals surface area contributed by atoms with Crippen LogP contribution in [0.5, 0.6) is 0 Å². The van der Waals surface area contributed by atoms with Crippen LogP contribution in [0, 0.1) is 0 Å². The summed E-state index contributed by atoms with van der Waals surface area (Å²) < 4.78 is 18.7. The van der Waals surface area contributed by atoms with E-state index in [-0.39, 0.29) is 23.6 Å². The lowest BCUT2D eigenvalue weighted by Gasteiger charge is -1.99. The molecule has 54 valence electrons. The predicted molar refractivity (Wildman–Crippen MR) is 31.7 cm³/mol. The second kappa shape index (κ2) is 8.06. The summed E-state index contributed by atoms with van der Waals surface area (Å²) in [5.74, 6) is 0. The van der Waals surface area contributed by atoms with Crippen LogP contribution in [0.1, 0.15) is 0 Å². The van der Waals surface area contributed by atoms with Gasteiger partial charge in [0.2, 0.25) is 0 Å². The standard InChI is InChI=1S/C4H10O4Si/c1-5-3-7-9-8-4-6-2/h3-4H2,1-2H3. The molecule has 0 rings (SSSR count). The normalized spacial score (nSPS) is 10.0. The third-order valence-corrected chi connectivity index (χ3v) is 0.943. The van der Waals surface area contributed by atoms with Crippen molar-refractivity contribution in [2.45, 2.75) is 0 Å². The lowest BCUT2D eigenvalue weighted by molar-refractivity contribution is 0.00321. The summed E-state index contributed by atoms with van der Waals surface area (Å²) in [6, 6.07) is 0. The minimum Gasteiger partial charge on any atom is -0.369 e. The molecule has 0 aromatic carbocycles. The van der Waals surface area contributed by atoms with E-state index in [0.29, 0.717) is 0 Å². The van der Waals surface area contributed by atoms with Crippen LogP contribution in [0.3, 0.4) is 0 Å². The van der Waals surface area contributed by atoms with E-state index >= 15 is 0 Å². The van der Waals surface area contributed by atoms with E-state index in [4.69, 9.17) is 8.85 Å². The van der Waals surface area contributed by atoms with Gasteiger partial charge in [0, 0.05) is 14.2 Å². The van der Waals surface area contributed by atoms with E-state index in [2.05, 4.69) is 9.47 Å². The maximum absolute atomic E-state index is 4.79. The van der Waals surface area contributed by atoms with Gasteiger partial charge in [0.25, 0.3) is 0 Å². The maximum atomic E-state index is 4.79. The van der Waals surface area contributed by atoms with Crippen LogP contribution in [-0.4, -0.2) is 37.8 Å². The van der Waals surface area contributed by atoms with Crippen molar-refractivity contribution >= 4 is 10.0 Å². The van der Waals surface area contributed by atoms with E-state index in [9.17, 15) is 0 Å². The summed E-state index contributed by atoms with van der Waals surface area (Å²) in [6.45, 7) is 0.532. The van der Waals surface area contributed by atoms with Crippen LogP contribution in [-0.2, 0) is 18.3 Å². The number of hydrogen-bond acceptors (Lipinski definition) is 4. The molecule has 0 aliphatic heterocycles. The Labute approximate surface area is 57.1 Å². The van der Waals surface area contributed by atoms with Crippen molar-refractivity contribution in [2.75, 3.05) is 27.8 Å². The smallest absolute Gasteiger partial charge is 0.369 e. The van der Waals surface area contributed by atoms with Gasteiger partial charge in [-0.05, 0) is 0 Å². The van der Waals surface area contributed by atoms with Gasteiger partial charge < -0.3 is 18.3 Å². The Morgan fingerprint density at radius 1 is 1.00 bits per heavy atom. The summed E-state index contributed by atoms with van der Waals surface area (Å²) in [5, 5.41) is 0. The molecular weight excluding hydrogens is 140 g/mol. The Morgan fingerprint density at radius 3 is 1.78 bits per heavy atom. The Morgan fingerprint density at radius 2 is 1.44 bits per heavy atom. The highest BCUT2D eigenvalue weighted by Crippen LogP contribution is 1.74. The summed E-state index contributed by atoms with van der Waals surface area (Å²) in [4.78, 5) is 0. The van der Waals surface area contributed by atoms with Gasteiger partial charge in [-0.3, -0.25) is 0 Å². The van der Waals surface area contributed by atoms with Gasteiger partial charge in [0.15, 0.2) is 0 Å². The largest absolute Gasteiger partial charge is 0.437 e. The van der Waals surface area contributed by atoms with Crippen molar-refractivity contribution in [1.82, 2.24) is 0 Å². The molecule has 0 saturated heterocycles. The molecule has 0 bridgehead atoms. The quantitative estimate of drug-likeness (QED) is 0.297. The van der Waals surface area contributed by atoms with Crippen molar-refractivity contribution in [2.24, 2.45) is 0 Å². The zero-order chi connectivity index (χ0) is 6.95. The molecule has 0 saturated carbocycles. The summed E-state index contributed by atoms with van der Waals surface area (Å²) >= 11 is 0. The van der Waals surface area contributed by atoms with Crippen molar-refractivity contribution in [3.8, 4) is 0 Å². The molecule has 0 heterocycles. The average molecular weight is 150 g/mol. The van der Waals surface area contributed by atoms with E-state index in [1.54, 1.807) is 14.2 Å². The summed E-state index contributed by atoms with van der Waals surface area (Å²) in [6.07, 6.45) is 0. The van der Waals surface area contributed by atoms with E-state index < -0.39 is 0 Å². The number of hydrogen-bond donors (Lipinski definition) is 0. The van der Waals surface area contributed by atoms with Gasteiger partial charge in [0.1, 0.15) is 13.6 Å². The fourth-order valence-electron chi connectivity index (χ4n) is 0.208. The molecule has 9 heavy (non-hydrogen) atoms. The van der Waals surface area contributed by atoms with Gasteiger partial charge in [0.05, 0.1) is 0 Å². The molecule has 0 aromatic heterocycles. The SMILES string of the molecule is COCO[Si]OCOC. The molecule has 0 aliphatic carbocycles. The van der Waals surface area contributed by atoms with Crippen molar-refractivity contribution < 1.29 is 18.3 Å². The van der Waals surface area contributed by atoms with Crippen molar-refractivity contribution in [3.63, 3.8) is 0 Å². The molecule has 5 heteroatoms. The minimum atomic E-state index is -0.00414. The molecule has 4 nitrogen and oxygen atoms in total. The second-order valence-electron chi connectivity index (χ2n) is 1.19. The molecule has 0 aromatic rings. The van der Waals surface area contributed by atoms with Crippen molar-refractivity contribution in [1.29, 1.82) is 0 Å². The number of rotatable bonds is 6. The lowest BCUT2D eigenvalue weighted by Crippen LogP contribution is -2.08. The van der Waals surface area contributed by atoms with Crippen LogP contribution >= 0.6 is 0 Å². The Kier molecular flexibility index (Phi) is 8.11. The highest BCUT2D eigenvalue weighted by molar-refractivity contribution is 6.17. The summed E-state index contributed by atoms with van der Waals surface area (Å²) in [7, 11) is 3.11. The van der Waals surface area contributed by atoms with Crippen molar-refractivity contribution in [3.05, 3.63) is 0 Å². The van der Waals surface area contributed by atoms with E-state index in [1.165, 1.54) is 0 Å². The van der Waals surface area contributed by atoms with Crippen LogP contribution in [0.15, 0.2) is 0 Å². The third-order valence-electron chi connectivity index (χ3n) is 0.471. The highest BCUT2D eigenvalue weighted by Gasteiger charge is 1.89. The van der Waals surface area contributed by atoms with Gasteiger partial charge in [-0.2, -0.15) is 0 Å². The van der Waals surface area contributed by atoms with Gasteiger partial charge >= 0.3 is 10.0 Å². The Balaban J connectivity index is 2.60. The van der Waals surface area contributed by atoms with Crippen LogP contribution in [0.2, 0.25) is 0 Å². The Bertz CT molecular complexity index is 45.8. The van der Waals surface area contributed by atoms with E-state index in [1.807, 2.05) is 0 Å². The van der Waals surface area contributed by atoms with Gasteiger partial charge in [-0.1, -0.05) is 0 Å². The first kappa shape index (κ1) is 9.06. The minimum absolute atomic E-state index is 0.00414. The first-order valence-corrected chi connectivity index (χ1v) is 3.20. The molecule has 0 spiro atoms. The van der Waals surface area contributed by atoms with Gasteiger partial charge in [-0.15, -0.1) is 0 Å². The van der Waals surface area contributed by atoms with Crippen LogP contribution in [0.4, 0.5) is 0 Å². The third kappa shape index (κ3) is 8.06. The highest BCUT2D eigenvalue weighted by atomic mass is 28.3. The predicted octanol–water partition coefficient (Wildman–Crippen LogP) is -0.238. The molecule has 0 fully saturated rings. The van der Waals surface area contributed by atoms with Crippen LogP contribution < -0.4 is 0 Å². The number of methoxy groups -OCH3 is 2. The molecule has 0 N–H and O–H groups in total. The fourth-order valence-corrected chi connectivity index (χ4v) is 0.623. The zero-order valence-electron chi connectivity index (χ0n) is 5.55. The molecule has 0 unspecified atom stereocenters. The van der Waals surface area contributed by atoms with E-state index in [0.717, 1.165) is 0 Å². The first-order valence-electron chi connectivity index (χ1n) is 2.38. The molecule has 0 aliphatic rings. The Hall–Kier alpha value is 0.0569. The molecule has 0 amide bonds. The van der Waals surface area contributed by atoms with Gasteiger partial charge in [-0.25, -0.2) is 0 Å². The fraction of sp³-hybridized carbons (Fsp3) is 1.00. The number of ether oxygens (including phenoxy) is 2. The zero-order valence-corrected chi connectivity index (χ0v) is 6.55. The first-order chi connectivity index (χ1) is 4.41. The topological polar surface area (TPSA) is 36.9 Å². The monoisotopic (exact) mass is 150 g/mol. The molecular formula is C4H10O4Si. The second-order valence-corrected chi connectivity index (χ2v) is 1.93. The van der Waals surface area contributed by atoms with Crippen LogP contribution in [0.25, 0.3) is 0 Å². The summed E-state index contributed by atoms with van der Waals surface area (Å²) in [5.41, 5.74) is 0. The lowest BCUT2D eigenvalue weighted by atomic mass is 11.4.